The fraction of sp³-hybridized carbons (Fsp3) is 0.0909. The Morgan fingerprint density at radius 1 is 1.00 bits per heavy atom. The van der Waals surface area contributed by atoms with Crippen molar-refractivity contribution in [3.8, 4) is 11.1 Å². The summed E-state index contributed by atoms with van der Waals surface area (Å²) in [6.45, 7) is -0.257. The highest BCUT2D eigenvalue weighted by atomic mass is 19.1. The van der Waals surface area contributed by atoms with Crippen LogP contribution in [-0.4, -0.2) is 19.5 Å². The Morgan fingerprint density at radius 2 is 1.83 bits per heavy atom. The molecular formula is C22H14F2N4O. The van der Waals surface area contributed by atoms with E-state index in [2.05, 4.69) is 15.0 Å². The molecule has 3 aromatic heterocycles. The summed E-state index contributed by atoms with van der Waals surface area (Å²) in [5.41, 5.74) is 3.22. The van der Waals surface area contributed by atoms with Crippen molar-refractivity contribution in [3.05, 3.63) is 93.9 Å². The van der Waals surface area contributed by atoms with Crippen LogP contribution in [0.3, 0.4) is 0 Å². The van der Waals surface area contributed by atoms with Crippen LogP contribution in [0.15, 0.2) is 59.9 Å². The lowest BCUT2D eigenvalue weighted by Gasteiger charge is -2.12. The van der Waals surface area contributed by atoms with E-state index >= 15 is 0 Å². The number of hydrogen-bond acceptors (Lipinski definition) is 4. The van der Waals surface area contributed by atoms with E-state index in [1.165, 1.54) is 22.9 Å². The molecule has 5 rings (SSSR count). The molecular weight excluding hydrogens is 374 g/mol. The molecule has 0 saturated heterocycles. The largest absolute Gasteiger partial charge is 0.299 e. The van der Waals surface area contributed by atoms with Gasteiger partial charge in [0.25, 0.3) is 5.56 Å². The summed E-state index contributed by atoms with van der Waals surface area (Å²) in [6, 6.07) is 6.04. The van der Waals surface area contributed by atoms with Gasteiger partial charge in [0.2, 0.25) is 0 Å². The predicted molar refractivity (Wildman–Crippen MR) is 105 cm³/mol. The molecule has 142 valence electrons. The Balaban J connectivity index is 1.57. The molecule has 0 atom stereocenters. The maximum atomic E-state index is 14.9. The van der Waals surface area contributed by atoms with Crippen LogP contribution in [0, 0.1) is 11.6 Å². The quantitative estimate of drug-likeness (QED) is 0.536. The summed E-state index contributed by atoms with van der Waals surface area (Å²) in [6.07, 6.45) is 10.5. The van der Waals surface area contributed by atoms with Crippen LogP contribution in [0.1, 0.15) is 16.8 Å². The lowest BCUT2D eigenvalue weighted by atomic mass is 10.0. The molecule has 0 aliphatic heterocycles. The first-order chi connectivity index (χ1) is 14.1. The molecule has 1 aromatic carbocycles. The zero-order valence-corrected chi connectivity index (χ0v) is 15.1. The Bertz CT molecular complexity index is 1340. The monoisotopic (exact) mass is 388 g/mol. The molecule has 4 aromatic rings. The van der Waals surface area contributed by atoms with Crippen molar-refractivity contribution in [1.29, 1.82) is 0 Å². The van der Waals surface area contributed by atoms with Crippen molar-refractivity contribution in [1.82, 2.24) is 19.5 Å². The highest BCUT2D eigenvalue weighted by Gasteiger charge is 2.16. The van der Waals surface area contributed by atoms with E-state index in [9.17, 15) is 13.6 Å². The maximum absolute atomic E-state index is 14.9. The third-order valence-corrected chi connectivity index (χ3v) is 5.05. The van der Waals surface area contributed by atoms with Crippen LogP contribution in [0.25, 0.3) is 28.2 Å². The Hall–Kier alpha value is -3.74. The number of halogens is 2. The molecule has 3 heterocycles. The minimum absolute atomic E-state index is 0.193. The highest BCUT2D eigenvalue weighted by molar-refractivity contribution is 5.73. The average molecular weight is 388 g/mol. The van der Waals surface area contributed by atoms with Crippen LogP contribution in [-0.2, 0) is 13.0 Å². The van der Waals surface area contributed by atoms with E-state index in [-0.39, 0.29) is 12.1 Å². The first kappa shape index (κ1) is 17.4. The van der Waals surface area contributed by atoms with Gasteiger partial charge >= 0.3 is 0 Å². The molecule has 0 amide bonds. The first-order valence-electron chi connectivity index (χ1n) is 9.03. The molecule has 0 radical (unpaired) electrons. The van der Waals surface area contributed by atoms with Crippen molar-refractivity contribution in [3.63, 3.8) is 0 Å². The lowest BCUT2D eigenvalue weighted by molar-refractivity contribution is 0.545. The molecule has 5 nitrogen and oxygen atoms in total. The normalized spacial score (nSPS) is 12.5. The number of hydrogen-bond donors (Lipinski definition) is 0. The van der Waals surface area contributed by atoms with Crippen LogP contribution in [0.4, 0.5) is 8.78 Å². The second-order valence-electron chi connectivity index (χ2n) is 6.83. The van der Waals surface area contributed by atoms with Gasteiger partial charge in [-0.2, -0.15) is 0 Å². The van der Waals surface area contributed by atoms with Crippen LogP contribution < -0.4 is 5.56 Å². The Morgan fingerprint density at radius 3 is 2.66 bits per heavy atom. The maximum Gasteiger partial charge on any atom is 0.269 e. The summed E-state index contributed by atoms with van der Waals surface area (Å²) >= 11 is 0. The number of aromatic nitrogens is 4. The van der Waals surface area contributed by atoms with Gasteiger partial charge in [-0.1, -0.05) is 12.2 Å². The zero-order chi connectivity index (χ0) is 20.0. The second-order valence-corrected chi connectivity index (χ2v) is 6.83. The van der Waals surface area contributed by atoms with Gasteiger partial charge in [0.05, 0.1) is 35.7 Å². The number of fused-ring (bicyclic) bond motifs is 2. The molecule has 1 aliphatic carbocycles. The number of allylic oxidation sites excluding steroid dienone is 1. The van der Waals surface area contributed by atoms with Crippen molar-refractivity contribution < 1.29 is 8.78 Å². The number of rotatable bonds is 3. The van der Waals surface area contributed by atoms with Gasteiger partial charge in [0.1, 0.15) is 11.6 Å². The van der Waals surface area contributed by atoms with Gasteiger partial charge in [-0.05, 0) is 35.4 Å². The van der Waals surface area contributed by atoms with E-state index < -0.39 is 17.2 Å². The minimum atomic E-state index is -0.725. The third kappa shape index (κ3) is 3.00. The predicted octanol–water partition coefficient (Wildman–Crippen LogP) is 3.75. The van der Waals surface area contributed by atoms with Crippen LogP contribution in [0.2, 0.25) is 0 Å². The summed E-state index contributed by atoms with van der Waals surface area (Å²) in [5.74, 6) is -1.45. The van der Waals surface area contributed by atoms with Gasteiger partial charge in [-0.25, -0.2) is 13.8 Å². The zero-order valence-electron chi connectivity index (χ0n) is 15.1. The van der Waals surface area contributed by atoms with Crippen LogP contribution >= 0.6 is 0 Å². The number of pyridine rings is 2. The molecule has 0 spiro atoms. The Kier molecular flexibility index (Phi) is 4.01. The average Bonchev–Trinajstić information content (AvgIpc) is 3.19. The minimum Gasteiger partial charge on any atom is -0.299 e. The van der Waals surface area contributed by atoms with Gasteiger partial charge in [0.15, 0.2) is 0 Å². The molecule has 0 saturated carbocycles. The van der Waals surface area contributed by atoms with Gasteiger partial charge < -0.3 is 0 Å². The molecule has 0 unspecified atom stereocenters. The fourth-order valence-electron chi connectivity index (χ4n) is 3.53. The van der Waals surface area contributed by atoms with Crippen molar-refractivity contribution in [2.75, 3.05) is 0 Å². The summed E-state index contributed by atoms with van der Waals surface area (Å²) < 4.78 is 31.0. The number of nitrogens with zero attached hydrogens (tertiary/aromatic N) is 4. The van der Waals surface area contributed by atoms with E-state index in [1.807, 2.05) is 18.2 Å². The van der Waals surface area contributed by atoms with E-state index in [0.29, 0.717) is 22.2 Å². The molecule has 0 fully saturated rings. The van der Waals surface area contributed by atoms with E-state index in [0.717, 1.165) is 23.9 Å². The second kappa shape index (κ2) is 6.70. The summed E-state index contributed by atoms with van der Waals surface area (Å²) in [5, 5.41) is 0. The Labute approximate surface area is 164 Å². The van der Waals surface area contributed by atoms with Crippen molar-refractivity contribution in [2.24, 2.45) is 0 Å². The van der Waals surface area contributed by atoms with Crippen molar-refractivity contribution in [2.45, 2.75) is 13.0 Å². The van der Waals surface area contributed by atoms with E-state index in [1.54, 1.807) is 18.5 Å². The molecule has 7 heteroatoms. The lowest BCUT2D eigenvalue weighted by Crippen LogP contribution is -2.22. The smallest absolute Gasteiger partial charge is 0.269 e. The molecule has 1 aliphatic rings. The van der Waals surface area contributed by atoms with Gasteiger partial charge in [-0.3, -0.25) is 19.3 Å². The molecule has 29 heavy (non-hydrogen) atoms. The van der Waals surface area contributed by atoms with Crippen LogP contribution in [0.5, 0.6) is 0 Å². The highest BCUT2D eigenvalue weighted by Crippen LogP contribution is 2.28. The topological polar surface area (TPSA) is 60.7 Å². The van der Waals surface area contributed by atoms with Gasteiger partial charge in [-0.15, -0.1) is 0 Å². The third-order valence-electron chi connectivity index (χ3n) is 5.05. The van der Waals surface area contributed by atoms with Crippen molar-refractivity contribution >= 4 is 17.1 Å². The summed E-state index contributed by atoms with van der Waals surface area (Å²) in [4.78, 5) is 24.7. The molecule has 0 bridgehead atoms. The first-order valence-corrected chi connectivity index (χ1v) is 9.03. The number of benzene rings is 1. The summed E-state index contributed by atoms with van der Waals surface area (Å²) in [7, 11) is 0. The van der Waals surface area contributed by atoms with Gasteiger partial charge in [0, 0.05) is 29.9 Å². The SMILES string of the molecule is O=c1cnc2ccncc2n1Cc1c(F)cc(-c2cnc3c(c2)C=CC3)cc1F. The standard InChI is InChI=1S/C22H14F2N4O/c23-17-7-14(15-6-13-2-1-3-19(13)26-9-15)8-18(24)16(17)12-28-21-10-25-5-4-20(21)27-11-22(28)29/h1-2,4-11H,3,12H2. The molecule has 0 N–H and O–H groups in total. The van der Waals surface area contributed by atoms with E-state index in [4.69, 9.17) is 0 Å². The fourth-order valence-corrected chi connectivity index (χ4v) is 3.53.